The Morgan fingerprint density at radius 1 is 1.07 bits per heavy atom. The zero-order valence-corrected chi connectivity index (χ0v) is 11.2. The van der Waals surface area contributed by atoms with Crippen molar-refractivity contribution in [1.29, 1.82) is 0 Å². The average molecular weight is 322 g/mol. The highest BCUT2D eigenvalue weighted by atomic mass is 79.9. The highest BCUT2D eigenvalue weighted by molar-refractivity contribution is 9.10. The molecular formula is C11H14Br2O. The number of hydrogen-bond donors (Lipinski definition) is 0. The first-order valence-electron chi connectivity index (χ1n) is 4.71. The van der Waals surface area contributed by atoms with Crippen molar-refractivity contribution in [2.75, 3.05) is 11.9 Å². The standard InChI is InChI=1S/C11H14Br2O/c12-7-1-2-8-14-9-10-3-5-11(13)6-4-10/h3-6H,1-2,7-9H2. The smallest absolute Gasteiger partial charge is 0.0716 e. The van der Waals surface area contributed by atoms with E-state index < -0.39 is 0 Å². The summed E-state index contributed by atoms with van der Waals surface area (Å²) in [5.41, 5.74) is 1.23. The molecule has 0 amide bonds. The highest BCUT2D eigenvalue weighted by Crippen LogP contribution is 2.11. The summed E-state index contributed by atoms with van der Waals surface area (Å²) >= 11 is 6.80. The minimum absolute atomic E-state index is 0.718. The van der Waals surface area contributed by atoms with Crippen molar-refractivity contribution < 1.29 is 4.74 Å². The summed E-state index contributed by atoms with van der Waals surface area (Å²) in [5.74, 6) is 0. The molecule has 0 spiro atoms. The highest BCUT2D eigenvalue weighted by Gasteiger charge is 1.93. The second kappa shape index (κ2) is 7.43. The number of unbranched alkanes of at least 4 members (excludes halogenated alkanes) is 1. The van der Waals surface area contributed by atoms with Crippen molar-refractivity contribution >= 4 is 31.9 Å². The first-order valence-corrected chi connectivity index (χ1v) is 6.62. The topological polar surface area (TPSA) is 9.23 Å². The first-order chi connectivity index (χ1) is 6.83. The Bertz CT molecular complexity index is 246. The number of halogens is 2. The van der Waals surface area contributed by atoms with E-state index in [1.807, 2.05) is 12.1 Å². The maximum atomic E-state index is 5.53. The molecule has 0 saturated heterocycles. The fourth-order valence-corrected chi connectivity index (χ4v) is 1.73. The number of alkyl halides is 1. The van der Waals surface area contributed by atoms with E-state index in [-0.39, 0.29) is 0 Å². The van der Waals surface area contributed by atoms with Gasteiger partial charge in [-0.3, -0.25) is 0 Å². The van der Waals surface area contributed by atoms with Crippen LogP contribution in [0.15, 0.2) is 28.7 Å². The lowest BCUT2D eigenvalue weighted by Crippen LogP contribution is -1.95. The van der Waals surface area contributed by atoms with Crippen LogP contribution in [-0.4, -0.2) is 11.9 Å². The van der Waals surface area contributed by atoms with E-state index in [4.69, 9.17) is 4.74 Å². The molecule has 0 aliphatic heterocycles. The minimum Gasteiger partial charge on any atom is -0.377 e. The monoisotopic (exact) mass is 320 g/mol. The zero-order chi connectivity index (χ0) is 10.2. The molecule has 1 aromatic rings. The second-order valence-electron chi connectivity index (χ2n) is 3.08. The second-order valence-corrected chi connectivity index (χ2v) is 4.78. The van der Waals surface area contributed by atoms with Gasteiger partial charge in [-0.25, -0.2) is 0 Å². The molecule has 0 fully saturated rings. The molecule has 0 N–H and O–H groups in total. The summed E-state index contributed by atoms with van der Waals surface area (Å²) in [5, 5.41) is 1.06. The Morgan fingerprint density at radius 3 is 2.43 bits per heavy atom. The lowest BCUT2D eigenvalue weighted by atomic mass is 10.2. The molecule has 1 nitrogen and oxygen atoms in total. The lowest BCUT2D eigenvalue weighted by Gasteiger charge is -2.03. The van der Waals surface area contributed by atoms with E-state index in [1.165, 1.54) is 12.0 Å². The van der Waals surface area contributed by atoms with E-state index in [9.17, 15) is 0 Å². The molecule has 78 valence electrons. The molecule has 1 rings (SSSR count). The summed E-state index contributed by atoms with van der Waals surface area (Å²) in [7, 11) is 0. The Labute approximate surface area is 102 Å². The van der Waals surface area contributed by atoms with Crippen LogP contribution in [-0.2, 0) is 11.3 Å². The summed E-state index contributed by atoms with van der Waals surface area (Å²) in [6.07, 6.45) is 2.31. The van der Waals surface area contributed by atoms with Crippen molar-refractivity contribution in [3.63, 3.8) is 0 Å². The van der Waals surface area contributed by atoms with Gasteiger partial charge in [0.1, 0.15) is 0 Å². The molecule has 0 radical (unpaired) electrons. The fourth-order valence-electron chi connectivity index (χ4n) is 1.07. The van der Waals surface area contributed by atoms with Crippen molar-refractivity contribution in [3.05, 3.63) is 34.3 Å². The third kappa shape index (κ3) is 5.13. The summed E-state index contributed by atoms with van der Waals surface area (Å²) in [6, 6.07) is 8.23. The van der Waals surface area contributed by atoms with Crippen LogP contribution in [0.4, 0.5) is 0 Å². The average Bonchev–Trinajstić information content (AvgIpc) is 2.21. The summed E-state index contributed by atoms with van der Waals surface area (Å²) in [4.78, 5) is 0. The maximum absolute atomic E-state index is 5.53. The summed E-state index contributed by atoms with van der Waals surface area (Å²) < 4.78 is 6.64. The lowest BCUT2D eigenvalue weighted by molar-refractivity contribution is 0.118. The zero-order valence-electron chi connectivity index (χ0n) is 8.01. The Kier molecular flexibility index (Phi) is 6.48. The van der Waals surface area contributed by atoms with Gasteiger partial charge in [-0.1, -0.05) is 44.0 Å². The first kappa shape index (κ1) is 12.2. The SMILES string of the molecule is BrCCCCOCc1ccc(Br)cc1. The van der Waals surface area contributed by atoms with E-state index in [2.05, 4.69) is 44.0 Å². The Hall–Kier alpha value is 0.140. The minimum atomic E-state index is 0.718. The van der Waals surface area contributed by atoms with E-state index in [0.29, 0.717) is 0 Å². The van der Waals surface area contributed by atoms with Crippen molar-refractivity contribution in [3.8, 4) is 0 Å². The third-order valence-electron chi connectivity index (χ3n) is 1.85. The Balaban J connectivity index is 2.15. The summed E-state index contributed by atoms with van der Waals surface area (Å²) in [6.45, 7) is 1.57. The van der Waals surface area contributed by atoms with E-state index in [1.54, 1.807) is 0 Å². The van der Waals surface area contributed by atoms with Gasteiger partial charge < -0.3 is 4.74 Å². The third-order valence-corrected chi connectivity index (χ3v) is 2.94. The van der Waals surface area contributed by atoms with Crippen molar-refractivity contribution in [2.24, 2.45) is 0 Å². The number of ether oxygens (including phenoxy) is 1. The molecule has 1 aromatic carbocycles. The number of rotatable bonds is 6. The molecule has 0 bridgehead atoms. The predicted octanol–water partition coefficient (Wildman–Crippen LogP) is 4.14. The molecule has 0 heterocycles. The normalized spacial score (nSPS) is 10.4. The van der Waals surface area contributed by atoms with Gasteiger partial charge in [-0.2, -0.15) is 0 Å². The number of benzene rings is 1. The van der Waals surface area contributed by atoms with Gasteiger partial charge in [0.25, 0.3) is 0 Å². The number of hydrogen-bond acceptors (Lipinski definition) is 1. The Morgan fingerprint density at radius 2 is 1.79 bits per heavy atom. The van der Waals surface area contributed by atoms with E-state index in [0.717, 1.165) is 29.4 Å². The van der Waals surface area contributed by atoms with Gasteiger partial charge in [-0.05, 0) is 30.5 Å². The molecule has 0 aliphatic carbocycles. The largest absolute Gasteiger partial charge is 0.377 e. The van der Waals surface area contributed by atoms with Crippen LogP contribution in [0.2, 0.25) is 0 Å². The molecule has 0 unspecified atom stereocenters. The van der Waals surface area contributed by atoms with Crippen LogP contribution in [0.25, 0.3) is 0 Å². The van der Waals surface area contributed by atoms with Crippen LogP contribution in [0.5, 0.6) is 0 Å². The quantitative estimate of drug-likeness (QED) is 0.565. The molecular weight excluding hydrogens is 308 g/mol. The van der Waals surface area contributed by atoms with Gasteiger partial charge in [0.15, 0.2) is 0 Å². The van der Waals surface area contributed by atoms with Gasteiger partial charge >= 0.3 is 0 Å². The van der Waals surface area contributed by atoms with E-state index >= 15 is 0 Å². The predicted molar refractivity (Wildman–Crippen MR) is 66.8 cm³/mol. The van der Waals surface area contributed by atoms with Gasteiger partial charge in [0.05, 0.1) is 6.61 Å². The van der Waals surface area contributed by atoms with Gasteiger partial charge in [0.2, 0.25) is 0 Å². The van der Waals surface area contributed by atoms with Crippen LogP contribution >= 0.6 is 31.9 Å². The molecule has 0 atom stereocenters. The van der Waals surface area contributed by atoms with Gasteiger partial charge in [0, 0.05) is 16.4 Å². The molecule has 0 saturated carbocycles. The fraction of sp³-hybridized carbons (Fsp3) is 0.455. The van der Waals surface area contributed by atoms with Crippen LogP contribution < -0.4 is 0 Å². The van der Waals surface area contributed by atoms with Crippen molar-refractivity contribution in [2.45, 2.75) is 19.4 Å². The van der Waals surface area contributed by atoms with Gasteiger partial charge in [-0.15, -0.1) is 0 Å². The molecule has 3 heteroatoms. The van der Waals surface area contributed by atoms with Crippen LogP contribution in [0.3, 0.4) is 0 Å². The van der Waals surface area contributed by atoms with Crippen LogP contribution in [0.1, 0.15) is 18.4 Å². The maximum Gasteiger partial charge on any atom is 0.0716 e. The molecule has 14 heavy (non-hydrogen) atoms. The van der Waals surface area contributed by atoms with Crippen molar-refractivity contribution in [1.82, 2.24) is 0 Å². The molecule has 0 aromatic heterocycles. The van der Waals surface area contributed by atoms with Crippen LogP contribution in [0, 0.1) is 0 Å². The molecule has 0 aliphatic rings.